The van der Waals surface area contributed by atoms with Crippen molar-refractivity contribution in [3.63, 3.8) is 0 Å². The molecule has 5 nitrogen and oxygen atoms in total. The molecule has 27 heavy (non-hydrogen) atoms. The van der Waals surface area contributed by atoms with Crippen molar-refractivity contribution in [1.29, 1.82) is 0 Å². The lowest BCUT2D eigenvalue weighted by Crippen LogP contribution is -2.31. The van der Waals surface area contributed by atoms with Crippen molar-refractivity contribution in [2.45, 2.75) is 23.7 Å². The predicted molar refractivity (Wildman–Crippen MR) is 112 cm³/mol. The van der Waals surface area contributed by atoms with Gasteiger partial charge in [0.1, 0.15) is 0 Å². The molecule has 1 heterocycles. The number of nitrogens with one attached hydrogen (secondary N) is 2. The van der Waals surface area contributed by atoms with Crippen molar-refractivity contribution in [2.75, 3.05) is 17.6 Å². The Morgan fingerprint density at radius 2 is 1.78 bits per heavy atom. The summed E-state index contributed by atoms with van der Waals surface area (Å²) in [5.74, 6) is 0.309. The van der Waals surface area contributed by atoms with Gasteiger partial charge >= 0.3 is 0 Å². The number of rotatable bonds is 9. The number of nitrogens with zero attached hydrogens (tertiary/aromatic N) is 2. The number of thioether (sulfide) groups is 1. The van der Waals surface area contributed by atoms with Crippen LogP contribution in [0.15, 0.2) is 65.0 Å². The number of anilines is 1. The molecule has 1 amide bonds. The van der Waals surface area contributed by atoms with Gasteiger partial charge in [-0.1, -0.05) is 83.8 Å². The monoisotopic (exact) mass is 398 g/mol. The highest BCUT2D eigenvalue weighted by Crippen LogP contribution is 2.25. The second-order valence-electron chi connectivity index (χ2n) is 5.91. The van der Waals surface area contributed by atoms with Crippen LogP contribution in [0.3, 0.4) is 0 Å². The van der Waals surface area contributed by atoms with E-state index < -0.39 is 0 Å². The van der Waals surface area contributed by atoms with Crippen molar-refractivity contribution < 1.29 is 4.79 Å². The lowest BCUT2D eigenvalue weighted by molar-refractivity contribution is -0.119. The van der Waals surface area contributed by atoms with Crippen molar-refractivity contribution in [1.82, 2.24) is 15.5 Å². The number of hydrogen-bond acceptors (Lipinski definition) is 6. The van der Waals surface area contributed by atoms with E-state index in [1.807, 2.05) is 43.3 Å². The smallest absolute Gasteiger partial charge is 0.230 e. The summed E-state index contributed by atoms with van der Waals surface area (Å²) in [4.78, 5) is 12.5. The predicted octanol–water partition coefficient (Wildman–Crippen LogP) is 4.16. The number of carbonyl (C=O) groups excluding carboxylic acids is 1. The zero-order chi connectivity index (χ0) is 18.9. The molecular weight excluding hydrogens is 376 g/mol. The Balaban J connectivity index is 1.61. The van der Waals surface area contributed by atoms with Crippen molar-refractivity contribution in [3.8, 4) is 0 Å². The van der Waals surface area contributed by atoms with Gasteiger partial charge in [0, 0.05) is 6.54 Å². The lowest BCUT2D eigenvalue weighted by atomic mass is 9.99. The largest absolute Gasteiger partial charge is 0.360 e. The number of amides is 1. The molecule has 0 saturated carbocycles. The first kappa shape index (κ1) is 19.4. The van der Waals surface area contributed by atoms with Gasteiger partial charge in [-0.05, 0) is 24.5 Å². The molecule has 1 aromatic heterocycles. The Morgan fingerprint density at radius 1 is 1.07 bits per heavy atom. The maximum atomic E-state index is 12.5. The van der Waals surface area contributed by atoms with Gasteiger partial charge in [0.2, 0.25) is 11.0 Å². The maximum absolute atomic E-state index is 12.5. The summed E-state index contributed by atoms with van der Waals surface area (Å²) in [7, 11) is 0. The average Bonchev–Trinajstić information content (AvgIpc) is 3.15. The standard InChI is InChI=1S/C20H22N4OS2/c1-2-21-19-23-24-20(27-19)26-14-18(25)22-17(16-11-7-4-8-12-16)13-15-9-5-3-6-10-15/h3-12,17H,2,13-14H2,1H3,(H,21,23)(H,22,25). The first-order chi connectivity index (χ1) is 13.2. The Bertz CT molecular complexity index is 839. The van der Waals surface area contributed by atoms with E-state index >= 15 is 0 Å². The topological polar surface area (TPSA) is 66.9 Å². The summed E-state index contributed by atoms with van der Waals surface area (Å²) < 4.78 is 0.792. The van der Waals surface area contributed by atoms with E-state index in [1.54, 1.807) is 0 Å². The zero-order valence-electron chi connectivity index (χ0n) is 15.1. The molecule has 0 fully saturated rings. The number of hydrogen-bond donors (Lipinski definition) is 2. The molecule has 0 spiro atoms. The molecule has 3 rings (SSSR count). The molecule has 2 aromatic carbocycles. The zero-order valence-corrected chi connectivity index (χ0v) is 16.7. The van der Waals surface area contributed by atoms with Crippen LogP contribution in [0.1, 0.15) is 24.1 Å². The first-order valence-corrected chi connectivity index (χ1v) is 10.6. The second kappa shape index (κ2) is 10.1. The first-order valence-electron chi connectivity index (χ1n) is 8.83. The van der Waals surface area contributed by atoms with Crippen LogP contribution in [-0.4, -0.2) is 28.4 Å². The molecule has 0 radical (unpaired) electrons. The van der Waals surface area contributed by atoms with E-state index in [1.165, 1.54) is 28.7 Å². The van der Waals surface area contributed by atoms with E-state index in [0.29, 0.717) is 5.75 Å². The molecule has 0 aliphatic rings. The van der Waals surface area contributed by atoms with Gasteiger partial charge < -0.3 is 10.6 Å². The minimum absolute atomic E-state index is 0.00927. The minimum atomic E-state index is -0.0616. The fourth-order valence-corrected chi connectivity index (χ4v) is 4.27. The Morgan fingerprint density at radius 3 is 2.48 bits per heavy atom. The van der Waals surface area contributed by atoms with Gasteiger partial charge in [0.15, 0.2) is 4.34 Å². The molecule has 140 valence electrons. The molecule has 0 bridgehead atoms. The summed E-state index contributed by atoms with van der Waals surface area (Å²) in [5.41, 5.74) is 2.30. The summed E-state index contributed by atoms with van der Waals surface area (Å²) >= 11 is 2.88. The molecule has 7 heteroatoms. The summed E-state index contributed by atoms with van der Waals surface area (Å²) in [6.07, 6.45) is 0.755. The molecule has 2 N–H and O–H groups in total. The highest BCUT2D eigenvalue weighted by Gasteiger charge is 2.16. The Hall–Kier alpha value is -2.38. The van der Waals surface area contributed by atoms with E-state index in [2.05, 4.69) is 45.1 Å². The molecule has 0 aliphatic carbocycles. The molecule has 1 atom stereocenters. The quantitative estimate of drug-likeness (QED) is 0.530. The molecule has 1 unspecified atom stereocenters. The average molecular weight is 399 g/mol. The van der Waals surface area contributed by atoms with Gasteiger partial charge in [-0.25, -0.2) is 0 Å². The normalized spacial score (nSPS) is 11.7. The summed E-state index contributed by atoms with van der Waals surface area (Å²) in [6.45, 7) is 2.82. The molecular formula is C20H22N4OS2. The molecule has 3 aromatic rings. The van der Waals surface area contributed by atoms with Crippen LogP contribution >= 0.6 is 23.1 Å². The van der Waals surface area contributed by atoms with Crippen LogP contribution in [0.4, 0.5) is 5.13 Å². The second-order valence-corrected chi connectivity index (χ2v) is 8.11. The Kier molecular flexibility index (Phi) is 7.24. The van der Waals surface area contributed by atoms with Gasteiger partial charge in [-0.15, -0.1) is 10.2 Å². The van der Waals surface area contributed by atoms with E-state index in [0.717, 1.165) is 28.0 Å². The SMILES string of the molecule is CCNc1nnc(SCC(=O)NC(Cc2ccccc2)c2ccccc2)s1. The lowest BCUT2D eigenvalue weighted by Gasteiger charge is -2.19. The molecule has 0 aliphatic heterocycles. The van der Waals surface area contributed by atoms with Crippen LogP contribution in [0.5, 0.6) is 0 Å². The van der Waals surface area contributed by atoms with Crippen molar-refractivity contribution in [3.05, 3.63) is 71.8 Å². The fourth-order valence-electron chi connectivity index (χ4n) is 2.64. The fraction of sp³-hybridized carbons (Fsp3) is 0.250. The third kappa shape index (κ3) is 6.08. The summed E-state index contributed by atoms with van der Waals surface area (Å²) in [5, 5.41) is 15.2. The van der Waals surface area contributed by atoms with Crippen LogP contribution in [0.2, 0.25) is 0 Å². The van der Waals surface area contributed by atoms with Gasteiger partial charge in [-0.2, -0.15) is 0 Å². The van der Waals surface area contributed by atoms with Crippen LogP contribution in [0, 0.1) is 0 Å². The van der Waals surface area contributed by atoms with Gasteiger partial charge in [0.25, 0.3) is 0 Å². The highest BCUT2D eigenvalue weighted by atomic mass is 32.2. The third-order valence-electron chi connectivity index (χ3n) is 3.88. The number of carbonyl (C=O) groups is 1. The maximum Gasteiger partial charge on any atom is 0.230 e. The number of benzene rings is 2. The molecule has 0 saturated heterocycles. The van der Waals surface area contributed by atoms with Crippen LogP contribution in [0.25, 0.3) is 0 Å². The van der Waals surface area contributed by atoms with E-state index in [9.17, 15) is 4.79 Å². The van der Waals surface area contributed by atoms with Crippen molar-refractivity contribution in [2.24, 2.45) is 0 Å². The van der Waals surface area contributed by atoms with E-state index in [-0.39, 0.29) is 11.9 Å². The van der Waals surface area contributed by atoms with Gasteiger partial charge in [-0.3, -0.25) is 4.79 Å². The van der Waals surface area contributed by atoms with Crippen LogP contribution < -0.4 is 10.6 Å². The van der Waals surface area contributed by atoms with Crippen LogP contribution in [-0.2, 0) is 11.2 Å². The number of aromatic nitrogens is 2. The van der Waals surface area contributed by atoms with E-state index in [4.69, 9.17) is 0 Å². The summed E-state index contributed by atoms with van der Waals surface area (Å²) in [6, 6.07) is 20.2. The third-order valence-corrected chi connectivity index (χ3v) is 5.90. The Labute approximate surface area is 167 Å². The minimum Gasteiger partial charge on any atom is -0.360 e. The van der Waals surface area contributed by atoms with Gasteiger partial charge in [0.05, 0.1) is 11.8 Å². The highest BCUT2D eigenvalue weighted by molar-refractivity contribution is 8.01. The van der Waals surface area contributed by atoms with Crippen molar-refractivity contribution >= 4 is 34.1 Å².